The molecule has 10 rings (SSSR count). The normalized spacial score (nSPS) is 11.3. The van der Waals surface area contributed by atoms with E-state index in [-0.39, 0.29) is 0 Å². The van der Waals surface area contributed by atoms with E-state index in [0.29, 0.717) is 28.9 Å². The van der Waals surface area contributed by atoms with Crippen LogP contribution in [0.2, 0.25) is 0 Å². The van der Waals surface area contributed by atoms with Gasteiger partial charge in [-0.25, -0.2) is 19.9 Å². The van der Waals surface area contributed by atoms with E-state index in [1.165, 1.54) is 21.8 Å². The van der Waals surface area contributed by atoms with Crippen LogP contribution >= 0.6 is 0 Å². The molecular weight excluding hydrogens is 675 g/mol. The molecule has 5 aromatic carbocycles. The Labute approximate surface area is 317 Å². The van der Waals surface area contributed by atoms with E-state index in [9.17, 15) is 0 Å². The fraction of sp³-hybridized carbons (Fsp3) is 0. The first-order valence-corrected chi connectivity index (χ1v) is 18.1. The molecule has 0 spiro atoms. The van der Waals surface area contributed by atoms with Crippen LogP contribution in [0.15, 0.2) is 188 Å². The fourth-order valence-corrected chi connectivity index (χ4v) is 7.12. The number of hydrogen-bond donors (Lipinski definition) is 0. The van der Waals surface area contributed by atoms with Gasteiger partial charge in [0.05, 0.1) is 33.8 Å². The Hall–Kier alpha value is -7.64. The van der Waals surface area contributed by atoms with E-state index in [4.69, 9.17) is 19.9 Å². The lowest BCUT2D eigenvalue weighted by Gasteiger charge is -2.11. The zero-order valence-corrected chi connectivity index (χ0v) is 29.5. The molecular formula is C48H31N7. The van der Waals surface area contributed by atoms with Crippen LogP contribution < -0.4 is 0 Å². The highest BCUT2D eigenvalue weighted by atomic mass is 15.0. The van der Waals surface area contributed by atoms with Gasteiger partial charge in [0.15, 0.2) is 17.5 Å². The summed E-state index contributed by atoms with van der Waals surface area (Å²) in [5, 5.41) is 2.43. The summed E-state index contributed by atoms with van der Waals surface area (Å²) in [4.78, 5) is 29.2. The Morgan fingerprint density at radius 3 is 1.45 bits per heavy atom. The van der Waals surface area contributed by atoms with Crippen LogP contribution in [-0.2, 0) is 0 Å². The summed E-state index contributed by atoms with van der Waals surface area (Å²) in [6.07, 6.45) is 3.53. The predicted octanol–water partition coefficient (Wildman–Crippen LogP) is 11.2. The van der Waals surface area contributed by atoms with Crippen molar-refractivity contribution in [3.63, 3.8) is 0 Å². The highest BCUT2D eigenvalue weighted by Gasteiger charge is 2.17. The average Bonchev–Trinajstić information content (AvgIpc) is 3.61. The van der Waals surface area contributed by atoms with Gasteiger partial charge in [-0.05, 0) is 77.9 Å². The third kappa shape index (κ3) is 6.09. The van der Waals surface area contributed by atoms with Gasteiger partial charge in [0.2, 0.25) is 0 Å². The van der Waals surface area contributed by atoms with Gasteiger partial charge in [-0.1, -0.05) is 109 Å². The number of hydrogen-bond acceptors (Lipinski definition) is 6. The molecule has 0 amide bonds. The molecule has 0 unspecified atom stereocenters. The Bertz CT molecular complexity index is 2890. The molecule has 7 heteroatoms. The molecule has 5 aromatic heterocycles. The van der Waals surface area contributed by atoms with E-state index < -0.39 is 0 Å². The molecule has 0 N–H and O–H groups in total. The third-order valence-corrected chi connectivity index (χ3v) is 9.77. The summed E-state index contributed by atoms with van der Waals surface area (Å²) < 4.78 is 2.33. The maximum atomic E-state index is 5.08. The van der Waals surface area contributed by atoms with E-state index in [0.717, 1.165) is 44.9 Å². The minimum atomic E-state index is 0.532. The van der Waals surface area contributed by atoms with E-state index in [2.05, 4.69) is 112 Å². The summed E-state index contributed by atoms with van der Waals surface area (Å²) in [5.41, 5.74) is 11.2. The molecule has 0 saturated carbocycles. The van der Waals surface area contributed by atoms with Gasteiger partial charge in [-0.3, -0.25) is 9.97 Å². The van der Waals surface area contributed by atoms with Crippen LogP contribution in [0.5, 0.6) is 0 Å². The Morgan fingerprint density at radius 1 is 0.309 bits per heavy atom. The van der Waals surface area contributed by atoms with Crippen LogP contribution in [-0.4, -0.2) is 34.5 Å². The van der Waals surface area contributed by atoms with E-state index in [1.807, 2.05) is 78.9 Å². The molecule has 10 aromatic rings. The van der Waals surface area contributed by atoms with Crippen molar-refractivity contribution >= 4 is 21.8 Å². The lowest BCUT2D eigenvalue weighted by molar-refractivity contribution is 1.07. The lowest BCUT2D eigenvalue weighted by Crippen LogP contribution is -2.01. The van der Waals surface area contributed by atoms with Crippen LogP contribution in [0.25, 0.3) is 95.6 Å². The first-order chi connectivity index (χ1) is 27.2. The number of nitrogens with zero attached hydrogens (tertiary/aromatic N) is 7. The largest absolute Gasteiger partial charge is 0.309 e. The monoisotopic (exact) mass is 705 g/mol. The molecule has 258 valence electrons. The van der Waals surface area contributed by atoms with E-state index >= 15 is 0 Å². The van der Waals surface area contributed by atoms with Crippen LogP contribution in [0, 0.1) is 0 Å². The average molecular weight is 706 g/mol. The highest BCUT2D eigenvalue weighted by Crippen LogP contribution is 2.36. The van der Waals surface area contributed by atoms with Gasteiger partial charge in [0.1, 0.15) is 0 Å². The number of rotatable bonds is 7. The Balaban J connectivity index is 1.08. The van der Waals surface area contributed by atoms with Crippen molar-refractivity contribution in [1.29, 1.82) is 0 Å². The molecule has 0 aliphatic heterocycles. The molecule has 0 aliphatic rings. The third-order valence-electron chi connectivity index (χ3n) is 9.77. The van der Waals surface area contributed by atoms with Gasteiger partial charge in [-0.2, -0.15) is 0 Å². The van der Waals surface area contributed by atoms with Crippen LogP contribution in [0.3, 0.4) is 0 Å². The molecule has 0 aliphatic carbocycles. The van der Waals surface area contributed by atoms with Crippen molar-refractivity contribution in [3.8, 4) is 73.8 Å². The van der Waals surface area contributed by atoms with Crippen molar-refractivity contribution in [2.24, 2.45) is 0 Å². The first-order valence-electron chi connectivity index (χ1n) is 18.1. The summed E-state index contributed by atoms with van der Waals surface area (Å²) in [6.45, 7) is 0. The minimum Gasteiger partial charge on any atom is -0.309 e. The number of benzene rings is 5. The highest BCUT2D eigenvalue weighted by molar-refractivity contribution is 6.10. The fourth-order valence-electron chi connectivity index (χ4n) is 7.12. The molecule has 0 fully saturated rings. The maximum Gasteiger partial charge on any atom is 0.164 e. The summed E-state index contributed by atoms with van der Waals surface area (Å²) in [7, 11) is 0. The van der Waals surface area contributed by atoms with Gasteiger partial charge < -0.3 is 4.57 Å². The van der Waals surface area contributed by atoms with Gasteiger partial charge in [0, 0.05) is 45.5 Å². The standard InChI is InChI=1S/C48H31N7/c1-3-13-33(14-4-1)46-52-47(54-48(53-46)36-30-42(40-18-9-11-27-49-40)51-43(31-36)41-19-10-12-28-50-41)34-23-21-32(22-24-34)35-25-26-45-39(29-35)38-17-7-8-20-44(38)55(45)37-15-5-2-6-16-37/h1-31H. The Kier molecular flexibility index (Phi) is 8.00. The zero-order chi connectivity index (χ0) is 36.6. The molecule has 0 radical (unpaired) electrons. The molecule has 5 heterocycles. The number of aromatic nitrogens is 7. The van der Waals surface area contributed by atoms with Crippen molar-refractivity contribution < 1.29 is 0 Å². The quantitative estimate of drug-likeness (QED) is 0.164. The van der Waals surface area contributed by atoms with Crippen molar-refractivity contribution in [2.75, 3.05) is 0 Å². The smallest absolute Gasteiger partial charge is 0.164 e. The SMILES string of the molecule is c1ccc(-c2nc(-c3ccc(-c4ccc5c(c4)c4ccccc4n5-c4ccccc4)cc3)nc(-c3cc(-c4ccccn4)nc(-c4ccccn4)c3)n2)cc1. The van der Waals surface area contributed by atoms with Crippen molar-refractivity contribution in [2.45, 2.75) is 0 Å². The van der Waals surface area contributed by atoms with Gasteiger partial charge >= 0.3 is 0 Å². The topological polar surface area (TPSA) is 82.3 Å². The molecule has 7 nitrogen and oxygen atoms in total. The van der Waals surface area contributed by atoms with Crippen LogP contribution in [0.4, 0.5) is 0 Å². The van der Waals surface area contributed by atoms with Crippen LogP contribution in [0.1, 0.15) is 0 Å². The lowest BCUT2D eigenvalue weighted by atomic mass is 10.0. The van der Waals surface area contributed by atoms with Gasteiger partial charge in [0.25, 0.3) is 0 Å². The number of fused-ring (bicyclic) bond motifs is 3. The molecule has 0 bridgehead atoms. The summed E-state index contributed by atoms with van der Waals surface area (Å²) in [6, 6.07) is 59.9. The zero-order valence-electron chi connectivity index (χ0n) is 29.5. The predicted molar refractivity (Wildman–Crippen MR) is 220 cm³/mol. The second kappa shape index (κ2) is 13.7. The van der Waals surface area contributed by atoms with Crippen molar-refractivity contribution in [1.82, 2.24) is 34.5 Å². The number of pyridine rings is 3. The number of para-hydroxylation sites is 2. The van der Waals surface area contributed by atoms with Crippen molar-refractivity contribution in [3.05, 3.63) is 188 Å². The molecule has 55 heavy (non-hydrogen) atoms. The van der Waals surface area contributed by atoms with Gasteiger partial charge in [-0.15, -0.1) is 0 Å². The summed E-state index contributed by atoms with van der Waals surface area (Å²) in [5.74, 6) is 1.69. The van der Waals surface area contributed by atoms with E-state index in [1.54, 1.807) is 12.4 Å². The Morgan fingerprint density at radius 2 is 0.818 bits per heavy atom. The minimum absolute atomic E-state index is 0.532. The summed E-state index contributed by atoms with van der Waals surface area (Å²) >= 11 is 0. The molecule has 0 atom stereocenters. The second-order valence-electron chi connectivity index (χ2n) is 13.2. The maximum absolute atomic E-state index is 5.08. The molecule has 0 saturated heterocycles. The second-order valence-corrected chi connectivity index (χ2v) is 13.2. The first kappa shape index (κ1) is 32.0.